The Morgan fingerprint density at radius 3 is 1.68 bits per heavy atom. The van der Waals surface area contributed by atoms with Crippen molar-refractivity contribution in [3.05, 3.63) is 70.8 Å². The van der Waals surface area contributed by atoms with Crippen molar-refractivity contribution in [3.8, 4) is 0 Å². The van der Waals surface area contributed by atoms with Gasteiger partial charge in [0.2, 0.25) is 0 Å². The van der Waals surface area contributed by atoms with Crippen molar-refractivity contribution in [1.29, 1.82) is 0 Å². The van der Waals surface area contributed by atoms with Gasteiger partial charge in [0.15, 0.2) is 0 Å². The summed E-state index contributed by atoms with van der Waals surface area (Å²) >= 11 is 0. The Morgan fingerprint density at radius 1 is 0.737 bits per heavy atom. The van der Waals surface area contributed by atoms with Gasteiger partial charge in [-0.1, -0.05) is 48.5 Å². The second-order valence-electron chi connectivity index (χ2n) is 6.18. The Morgan fingerprint density at radius 2 is 1.21 bits per heavy atom. The minimum atomic E-state index is 0.553. The minimum absolute atomic E-state index is 0.553. The fourth-order valence-corrected chi connectivity index (χ4v) is 4.91. The minimum Gasteiger partial charge on any atom is -0.316 e. The third kappa shape index (κ3) is 1.07. The molecule has 5 rings (SSSR count). The molecule has 0 aromatic heterocycles. The predicted octanol–water partition coefficient (Wildman–Crippen LogP) is 3.23. The molecule has 3 atom stereocenters. The van der Waals surface area contributed by atoms with Crippen LogP contribution in [0.4, 0.5) is 0 Å². The van der Waals surface area contributed by atoms with Crippen LogP contribution in [0.25, 0.3) is 0 Å². The molecule has 3 unspecified atom stereocenters. The van der Waals surface area contributed by atoms with Crippen molar-refractivity contribution in [1.82, 2.24) is 5.32 Å². The Hall–Kier alpha value is -1.60. The van der Waals surface area contributed by atoms with Crippen LogP contribution in [0.3, 0.4) is 0 Å². The maximum absolute atomic E-state index is 3.61. The maximum atomic E-state index is 3.61. The summed E-state index contributed by atoms with van der Waals surface area (Å²) in [5, 5.41) is 3.61. The number of rotatable bonds is 1. The molecule has 1 heteroatoms. The molecular weight excluding hydrogens is 230 g/mol. The van der Waals surface area contributed by atoms with Gasteiger partial charge in [0.05, 0.1) is 0 Å². The first-order valence-corrected chi connectivity index (χ1v) is 7.26. The molecule has 1 saturated carbocycles. The van der Waals surface area contributed by atoms with E-state index in [1.807, 2.05) is 0 Å². The lowest BCUT2D eigenvalue weighted by Gasteiger charge is -2.36. The monoisotopic (exact) mass is 247 g/mol. The second-order valence-corrected chi connectivity index (χ2v) is 6.18. The zero-order chi connectivity index (χ0) is 12.6. The van der Waals surface area contributed by atoms with Crippen molar-refractivity contribution in [2.45, 2.75) is 23.8 Å². The molecule has 2 bridgehead atoms. The summed E-state index contributed by atoms with van der Waals surface area (Å²) in [6, 6.07) is 18.8. The van der Waals surface area contributed by atoms with Crippen LogP contribution in [0.2, 0.25) is 0 Å². The van der Waals surface area contributed by atoms with E-state index in [1.54, 1.807) is 22.3 Å². The van der Waals surface area contributed by atoms with Crippen LogP contribution in [-0.2, 0) is 0 Å². The van der Waals surface area contributed by atoms with Gasteiger partial charge in [-0.15, -0.1) is 0 Å². The highest BCUT2D eigenvalue weighted by Crippen LogP contribution is 2.72. The van der Waals surface area contributed by atoms with Crippen LogP contribution in [0.1, 0.15) is 40.0 Å². The van der Waals surface area contributed by atoms with E-state index < -0.39 is 0 Å². The van der Waals surface area contributed by atoms with Crippen LogP contribution in [0, 0.1) is 5.92 Å². The molecule has 0 spiro atoms. The standard InChI is InChI=1S/C18H17N/c1-19-18-14-10-6-2-4-8-12(10)15-16(17(15)18)13-9-5-3-7-11(13)14/h2-9,14-19H,1H3. The largest absolute Gasteiger partial charge is 0.316 e. The molecule has 0 saturated heterocycles. The lowest BCUT2D eigenvalue weighted by molar-refractivity contribution is 0.411. The zero-order valence-corrected chi connectivity index (χ0v) is 11.0. The third-order valence-electron chi connectivity index (χ3n) is 5.56. The molecule has 0 amide bonds. The molecule has 2 aromatic carbocycles. The summed E-state index contributed by atoms with van der Waals surface area (Å²) in [6.45, 7) is 0. The SMILES string of the molecule is CNC1C2c3ccccc3C3C(c4ccccc42)C13. The predicted molar refractivity (Wildman–Crippen MR) is 76.5 cm³/mol. The van der Waals surface area contributed by atoms with Gasteiger partial charge in [-0.25, -0.2) is 0 Å². The van der Waals surface area contributed by atoms with E-state index in [0.717, 1.165) is 17.8 Å². The lowest BCUT2D eigenvalue weighted by Crippen LogP contribution is -2.39. The number of hydrogen-bond donors (Lipinski definition) is 1. The Kier molecular flexibility index (Phi) is 1.77. The Labute approximate surface area is 113 Å². The first-order valence-electron chi connectivity index (χ1n) is 7.26. The number of likely N-dealkylation sites (N-methyl/N-ethyl adjacent to an activating group) is 1. The summed E-state index contributed by atoms with van der Waals surface area (Å²) in [5.74, 6) is 2.89. The average Bonchev–Trinajstić information content (AvgIpc) is 3.24. The average molecular weight is 247 g/mol. The molecule has 2 aromatic rings. The van der Waals surface area contributed by atoms with E-state index in [9.17, 15) is 0 Å². The maximum Gasteiger partial charge on any atom is 0.0252 e. The molecule has 94 valence electrons. The molecular formula is C18H17N. The summed E-state index contributed by atoms with van der Waals surface area (Å²) in [7, 11) is 2.13. The number of fused-ring (bicyclic) bond motifs is 8. The lowest BCUT2D eigenvalue weighted by atomic mass is 9.73. The van der Waals surface area contributed by atoms with E-state index in [1.165, 1.54) is 0 Å². The van der Waals surface area contributed by atoms with E-state index >= 15 is 0 Å². The molecule has 1 fully saturated rings. The normalized spacial score (nSPS) is 36.4. The highest BCUT2D eigenvalue weighted by Gasteiger charge is 2.64. The van der Waals surface area contributed by atoms with Gasteiger partial charge in [-0.2, -0.15) is 0 Å². The number of nitrogens with one attached hydrogen (secondary N) is 1. The van der Waals surface area contributed by atoms with E-state index in [-0.39, 0.29) is 0 Å². The molecule has 19 heavy (non-hydrogen) atoms. The molecule has 3 aliphatic rings. The number of hydrogen-bond acceptors (Lipinski definition) is 1. The van der Waals surface area contributed by atoms with Crippen LogP contribution < -0.4 is 5.32 Å². The summed E-state index contributed by atoms with van der Waals surface area (Å²) in [5.41, 5.74) is 6.36. The zero-order valence-electron chi connectivity index (χ0n) is 11.0. The van der Waals surface area contributed by atoms with Crippen molar-refractivity contribution in [2.75, 3.05) is 7.05 Å². The molecule has 0 aliphatic heterocycles. The first-order chi connectivity index (χ1) is 9.42. The molecule has 1 nitrogen and oxygen atoms in total. The van der Waals surface area contributed by atoms with Crippen LogP contribution >= 0.6 is 0 Å². The fourth-order valence-electron chi connectivity index (χ4n) is 4.91. The van der Waals surface area contributed by atoms with Gasteiger partial charge in [-0.3, -0.25) is 0 Å². The number of benzene rings is 2. The second kappa shape index (κ2) is 3.29. The molecule has 0 heterocycles. The van der Waals surface area contributed by atoms with Crippen LogP contribution in [0.5, 0.6) is 0 Å². The summed E-state index contributed by atoms with van der Waals surface area (Å²) < 4.78 is 0. The van der Waals surface area contributed by atoms with E-state index in [0.29, 0.717) is 12.0 Å². The van der Waals surface area contributed by atoms with Crippen LogP contribution in [0.15, 0.2) is 48.5 Å². The third-order valence-corrected chi connectivity index (χ3v) is 5.56. The first kappa shape index (κ1) is 10.2. The van der Waals surface area contributed by atoms with Gasteiger partial charge in [0.25, 0.3) is 0 Å². The van der Waals surface area contributed by atoms with E-state index in [2.05, 4.69) is 60.9 Å². The highest BCUT2D eigenvalue weighted by atomic mass is 14.9. The van der Waals surface area contributed by atoms with Crippen molar-refractivity contribution in [3.63, 3.8) is 0 Å². The van der Waals surface area contributed by atoms with Crippen LogP contribution in [-0.4, -0.2) is 13.1 Å². The molecule has 1 N–H and O–H groups in total. The van der Waals surface area contributed by atoms with Gasteiger partial charge in [0, 0.05) is 12.0 Å². The van der Waals surface area contributed by atoms with E-state index in [4.69, 9.17) is 0 Å². The summed E-state index contributed by atoms with van der Waals surface area (Å²) in [4.78, 5) is 0. The van der Waals surface area contributed by atoms with Crippen molar-refractivity contribution >= 4 is 0 Å². The smallest absolute Gasteiger partial charge is 0.0252 e. The van der Waals surface area contributed by atoms with Gasteiger partial charge < -0.3 is 5.32 Å². The Balaban J connectivity index is 1.85. The van der Waals surface area contributed by atoms with Crippen molar-refractivity contribution in [2.24, 2.45) is 5.92 Å². The fraction of sp³-hybridized carbons (Fsp3) is 0.333. The quantitative estimate of drug-likeness (QED) is 0.816. The summed E-state index contributed by atoms with van der Waals surface area (Å²) in [6.07, 6.45) is 0. The van der Waals surface area contributed by atoms with Gasteiger partial charge in [-0.05, 0) is 47.1 Å². The highest BCUT2D eigenvalue weighted by molar-refractivity contribution is 5.60. The van der Waals surface area contributed by atoms with Gasteiger partial charge >= 0.3 is 0 Å². The topological polar surface area (TPSA) is 12.0 Å². The van der Waals surface area contributed by atoms with Gasteiger partial charge in [0.1, 0.15) is 0 Å². The molecule has 0 radical (unpaired) electrons. The Bertz CT molecular complexity index is 621. The van der Waals surface area contributed by atoms with Crippen molar-refractivity contribution < 1.29 is 0 Å². The molecule has 3 aliphatic carbocycles.